The Morgan fingerprint density at radius 2 is 1.93 bits per heavy atom. The fourth-order valence-corrected chi connectivity index (χ4v) is 1.26. The lowest BCUT2D eigenvalue weighted by molar-refractivity contribution is -0.275. The largest absolute Gasteiger partial charge is 0.573 e. The summed E-state index contributed by atoms with van der Waals surface area (Å²) in [6.07, 6.45) is -3.38. The number of H-pyrrole nitrogens is 1. The zero-order valence-electron chi connectivity index (χ0n) is 7.23. The van der Waals surface area contributed by atoms with Crippen LogP contribution < -0.4 is 4.74 Å². The van der Waals surface area contributed by atoms with Gasteiger partial charge in [0, 0.05) is 23.2 Å². The monoisotopic (exact) mass is 219 g/mol. The van der Waals surface area contributed by atoms with Gasteiger partial charge in [0.25, 0.3) is 0 Å². The van der Waals surface area contributed by atoms with Gasteiger partial charge in [-0.2, -0.15) is 0 Å². The predicted octanol–water partition coefficient (Wildman–Crippen LogP) is 3.21. The number of hydrogen-bond acceptors (Lipinski definition) is 1. The fourth-order valence-electron chi connectivity index (χ4n) is 1.26. The summed E-state index contributed by atoms with van der Waals surface area (Å²) in [5.74, 6) is -1.88. The van der Waals surface area contributed by atoms with Crippen LogP contribution in [0.5, 0.6) is 5.75 Å². The SMILES string of the molecule is Fc1cc2[nH]ccc2cc1OC(F)(F)F. The Morgan fingerprint density at radius 3 is 2.60 bits per heavy atom. The van der Waals surface area contributed by atoms with Crippen LogP contribution in [0.3, 0.4) is 0 Å². The van der Waals surface area contributed by atoms with E-state index in [4.69, 9.17) is 0 Å². The van der Waals surface area contributed by atoms with E-state index >= 15 is 0 Å². The van der Waals surface area contributed by atoms with Crippen LogP contribution in [0.2, 0.25) is 0 Å². The summed E-state index contributed by atoms with van der Waals surface area (Å²) in [6, 6.07) is 3.48. The van der Waals surface area contributed by atoms with E-state index in [9.17, 15) is 17.6 Å². The van der Waals surface area contributed by atoms with Crippen molar-refractivity contribution in [2.24, 2.45) is 0 Å². The molecule has 80 valence electrons. The third kappa shape index (κ3) is 2.03. The van der Waals surface area contributed by atoms with Crippen LogP contribution >= 0.6 is 0 Å². The average molecular weight is 219 g/mol. The molecule has 2 aromatic rings. The van der Waals surface area contributed by atoms with Crippen molar-refractivity contribution in [3.05, 3.63) is 30.2 Å². The van der Waals surface area contributed by atoms with E-state index in [1.54, 1.807) is 0 Å². The minimum atomic E-state index is -4.88. The Kier molecular flexibility index (Phi) is 2.06. The summed E-state index contributed by atoms with van der Waals surface area (Å²) >= 11 is 0. The Balaban J connectivity index is 2.46. The molecule has 0 unspecified atom stereocenters. The number of halogens is 4. The molecule has 1 heterocycles. The van der Waals surface area contributed by atoms with Crippen molar-refractivity contribution in [3.63, 3.8) is 0 Å². The fraction of sp³-hybridized carbons (Fsp3) is 0.111. The number of alkyl halides is 3. The molecule has 6 heteroatoms. The quantitative estimate of drug-likeness (QED) is 0.732. The molecule has 0 aliphatic rings. The van der Waals surface area contributed by atoms with Gasteiger partial charge < -0.3 is 9.72 Å². The Labute approximate surface area is 81.5 Å². The van der Waals surface area contributed by atoms with Gasteiger partial charge in [-0.05, 0) is 12.1 Å². The Bertz CT molecular complexity index is 488. The van der Waals surface area contributed by atoms with Crippen molar-refractivity contribution in [2.75, 3.05) is 0 Å². The third-order valence-electron chi connectivity index (χ3n) is 1.83. The van der Waals surface area contributed by atoms with Crippen LogP contribution in [-0.2, 0) is 0 Å². The van der Waals surface area contributed by atoms with Gasteiger partial charge in [-0.15, -0.1) is 13.2 Å². The van der Waals surface area contributed by atoms with Gasteiger partial charge in [-0.1, -0.05) is 0 Å². The molecule has 15 heavy (non-hydrogen) atoms. The van der Waals surface area contributed by atoms with Crippen molar-refractivity contribution in [1.82, 2.24) is 4.98 Å². The number of fused-ring (bicyclic) bond motifs is 1. The lowest BCUT2D eigenvalue weighted by Crippen LogP contribution is -2.17. The van der Waals surface area contributed by atoms with Crippen molar-refractivity contribution >= 4 is 10.9 Å². The molecule has 0 saturated carbocycles. The number of benzene rings is 1. The molecule has 2 rings (SSSR count). The van der Waals surface area contributed by atoms with Crippen LogP contribution in [0.15, 0.2) is 24.4 Å². The first-order chi connectivity index (χ1) is 6.96. The molecule has 2 nitrogen and oxygen atoms in total. The summed E-state index contributed by atoms with van der Waals surface area (Å²) in [5.41, 5.74) is 0.419. The van der Waals surface area contributed by atoms with E-state index in [2.05, 4.69) is 9.72 Å². The lowest BCUT2D eigenvalue weighted by Gasteiger charge is -2.09. The van der Waals surface area contributed by atoms with E-state index in [-0.39, 0.29) is 0 Å². The summed E-state index contributed by atoms with van der Waals surface area (Å²) < 4.78 is 52.2. The standard InChI is InChI=1S/C9H5F4NO/c10-6-4-7-5(1-2-14-7)3-8(6)15-9(11,12)13/h1-4,14H. The molecule has 1 N–H and O–H groups in total. The zero-order chi connectivity index (χ0) is 11.1. The first-order valence-corrected chi connectivity index (χ1v) is 3.98. The van der Waals surface area contributed by atoms with Gasteiger partial charge >= 0.3 is 6.36 Å². The van der Waals surface area contributed by atoms with Gasteiger partial charge in [0.15, 0.2) is 11.6 Å². The maximum atomic E-state index is 13.1. The van der Waals surface area contributed by atoms with Crippen molar-refractivity contribution in [2.45, 2.75) is 6.36 Å². The molecule has 0 spiro atoms. The molecule has 0 saturated heterocycles. The highest BCUT2D eigenvalue weighted by Gasteiger charge is 2.32. The average Bonchev–Trinajstić information content (AvgIpc) is 2.49. The van der Waals surface area contributed by atoms with Gasteiger partial charge in [0.1, 0.15) is 0 Å². The van der Waals surface area contributed by atoms with E-state index in [1.165, 1.54) is 12.3 Å². The van der Waals surface area contributed by atoms with Crippen molar-refractivity contribution in [1.29, 1.82) is 0 Å². The predicted molar refractivity (Wildman–Crippen MR) is 44.9 cm³/mol. The molecular weight excluding hydrogens is 214 g/mol. The lowest BCUT2D eigenvalue weighted by atomic mass is 10.2. The molecule has 0 atom stereocenters. The maximum Gasteiger partial charge on any atom is 0.573 e. The van der Waals surface area contributed by atoms with Crippen LogP contribution in [0.1, 0.15) is 0 Å². The minimum Gasteiger partial charge on any atom is -0.403 e. The third-order valence-corrected chi connectivity index (χ3v) is 1.83. The first kappa shape index (κ1) is 9.82. The summed E-state index contributed by atoms with van der Waals surface area (Å²) in [5, 5.41) is 0.454. The normalized spacial score (nSPS) is 12.0. The van der Waals surface area contributed by atoms with E-state index in [0.717, 1.165) is 12.1 Å². The van der Waals surface area contributed by atoms with Crippen molar-refractivity contribution in [3.8, 4) is 5.75 Å². The number of nitrogens with one attached hydrogen (secondary N) is 1. The number of ether oxygens (including phenoxy) is 1. The maximum absolute atomic E-state index is 13.1. The summed E-state index contributed by atoms with van der Waals surface area (Å²) in [4.78, 5) is 2.67. The molecule has 0 aliphatic carbocycles. The van der Waals surface area contributed by atoms with E-state index in [0.29, 0.717) is 10.9 Å². The van der Waals surface area contributed by atoms with Crippen LogP contribution in [0.25, 0.3) is 10.9 Å². The number of aromatic nitrogens is 1. The molecule has 1 aromatic carbocycles. The molecular formula is C9H5F4NO. The zero-order valence-corrected chi connectivity index (χ0v) is 7.23. The molecule has 0 bridgehead atoms. The molecule has 0 fully saturated rings. The summed E-state index contributed by atoms with van der Waals surface area (Å²) in [7, 11) is 0. The van der Waals surface area contributed by atoms with Gasteiger partial charge in [0.2, 0.25) is 0 Å². The number of aromatic amines is 1. The van der Waals surface area contributed by atoms with E-state index < -0.39 is 17.9 Å². The molecule has 0 amide bonds. The summed E-state index contributed by atoms with van der Waals surface area (Å²) in [6.45, 7) is 0. The minimum absolute atomic E-state index is 0.419. The van der Waals surface area contributed by atoms with Gasteiger partial charge in [0.05, 0.1) is 0 Å². The van der Waals surface area contributed by atoms with Crippen LogP contribution in [-0.4, -0.2) is 11.3 Å². The number of hydrogen-bond donors (Lipinski definition) is 1. The second-order valence-electron chi connectivity index (χ2n) is 2.90. The highest BCUT2D eigenvalue weighted by Crippen LogP contribution is 2.28. The molecule has 0 radical (unpaired) electrons. The topological polar surface area (TPSA) is 25.0 Å². The van der Waals surface area contributed by atoms with Crippen LogP contribution in [0, 0.1) is 5.82 Å². The van der Waals surface area contributed by atoms with Crippen LogP contribution in [0.4, 0.5) is 17.6 Å². The number of rotatable bonds is 1. The molecule has 1 aromatic heterocycles. The highest BCUT2D eigenvalue weighted by atomic mass is 19.4. The van der Waals surface area contributed by atoms with Gasteiger partial charge in [-0.3, -0.25) is 0 Å². The van der Waals surface area contributed by atoms with E-state index in [1.807, 2.05) is 0 Å². The Hall–Kier alpha value is -1.72. The van der Waals surface area contributed by atoms with Crippen molar-refractivity contribution < 1.29 is 22.3 Å². The molecule has 0 aliphatic heterocycles. The first-order valence-electron chi connectivity index (χ1n) is 3.98. The smallest absolute Gasteiger partial charge is 0.403 e. The second kappa shape index (κ2) is 3.15. The highest BCUT2D eigenvalue weighted by molar-refractivity contribution is 5.80. The van der Waals surface area contributed by atoms with Gasteiger partial charge in [-0.25, -0.2) is 4.39 Å². The second-order valence-corrected chi connectivity index (χ2v) is 2.90. The Morgan fingerprint density at radius 1 is 1.20 bits per heavy atom.